The standard InChI is InChI=1S/C13H12BF6NO3/c1-6(2)10(22)21-8-5-3-4-7(14(23)24)9(8)12(17,18)13(19,20)11(15)16/h3-5,11,23-24H,1H2,2H3,(H,21,22). The van der Waals surface area contributed by atoms with E-state index in [0.717, 1.165) is 12.1 Å². The number of nitrogens with one attached hydrogen (secondary N) is 1. The molecule has 4 nitrogen and oxygen atoms in total. The minimum Gasteiger partial charge on any atom is -0.423 e. The van der Waals surface area contributed by atoms with Gasteiger partial charge < -0.3 is 15.4 Å². The first-order valence-corrected chi connectivity index (χ1v) is 6.34. The third-order valence-corrected chi connectivity index (χ3v) is 3.02. The van der Waals surface area contributed by atoms with Gasteiger partial charge in [-0.3, -0.25) is 4.79 Å². The topological polar surface area (TPSA) is 69.6 Å². The van der Waals surface area contributed by atoms with Crippen LogP contribution in [0.2, 0.25) is 0 Å². The molecule has 0 aliphatic rings. The van der Waals surface area contributed by atoms with Crippen molar-refractivity contribution < 1.29 is 41.2 Å². The van der Waals surface area contributed by atoms with E-state index in [1.807, 2.05) is 0 Å². The Hall–Kier alpha value is -2.01. The van der Waals surface area contributed by atoms with Gasteiger partial charge in [0.05, 0.1) is 11.3 Å². The predicted molar refractivity (Wildman–Crippen MR) is 74.6 cm³/mol. The smallest absolute Gasteiger partial charge is 0.423 e. The van der Waals surface area contributed by atoms with Crippen LogP contribution in [0.25, 0.3) is 0 Å². The summed E-state index contributed by atoms with van der Waals surface area (Å²) >= 11 is 0. The lowest BCUT2D eigenvalue weighted by molar-refractivity contribution is -0.269. The number of carbonyl (C=O) groups is 1. The summed E-state index contributed by atoms with van der Waals surface area (Å²) in [6.45, 7) is 4.40. The Bertz CT molecular complexity index is 651. The van der Waals surface area contributed by atoms with Crippen molar-refractivity contribution in [2.75, 3.05) is 5.32 Å². The van der Waals surface area contributed by atoms with Crippen molar-refractivity contribution in [1.29, 1.82) is 0 Å². The molecule has 0 saturated heterocycles. The molecule has 0 heterocycles. The van der Waals surface area contributed by atoms with Crippen LogP contribution in [0.15, 0.2) is 30.4 Å². The highest BCUT2D eigenvalue weighted by molar-refractivity contribution is 6.59. The molecule has 132 valence electrons. The molecule has 0 aromatic heterocycles. The summed E-state index contributed by atoms with van der Waals surface area (Å²) in [5, 5.41) is 20.0. The maximum Gasteiger partial charge on any atom is 0.489 e. The Kier molecular flexibility index (Phi) is 5.72. The van der Waals surface area contributed by atoms with E-state index in [1.54, 1.807) is 5.32 Å². The highest BCUT2D eigenvalue weighted by Crippen LogP contribution is 2.48. The van der Waals surface area contributed by atoms with E-state index in [4.69, 9.17) is 10.0 Å². The third-order valence-electron chi connectivity index (χ3n) is 3.02. The Balaban J connectivity index is 3.64. The molecule has 0 unspecified atom stereocenters. The molecule has 0 aliphatic carbocycles. The third kappa shape index (κ3) is 3.56. The van der Waals surface area contributed by atoms with Gasteiger partial charge in [0.25, 0.3) is 5.91 Å². The summed E-state index contributed by atoms with van der Waals surface area (Å²) in [6.07, 6.45) is -4.74. The Morgan fingerprint density at radius 3 is 2.21 bits per heavy atom. The fraction of sp³-hybridized carbons (Fsp3) is 0.308. The van der Waals surface area contributed by atoms with Gasteiger partial charge in [0.15, 0.2) is 0 Å². The maximum absolute atomic E-state index is 14.1. The number of halogens is 6. The van der Waals surface area contributed by atoms with E-state index >= 15 is 0 Å². The molecule has 1 rings (SSSR count). The van der Waals surface area contributed by atoms with Crippen LogP contribution in [-0.2, 0) is 10.7 Å². The highest BCUT2D eigenvalue weighted by atomic mass is 19.3. The zero-order chi connectivity index (χ0) is 18.9. The van der Waals surface area contributed by atoms with E-state index in [-0.39, 0.29) is 5.57 Å². The van der Waals surface area contributed by atoms with Crippen LogP contribution in [0, 0.1) is 0 Å². The first kappa shape index (κ1) is 20.0. The number of hydrogen-bond donors (Lipinski definition) is 3. The fourth-order valence-electron chi connectivity index (χ4n) is 1.77. The summed E-state index contributed by atoms with van der Waals surface area (Å²) < 4.78 is 79.6. The van der Waals surface area contributed by atoms with Crippen molar-refractivity contribution in [3.63, 3.8) is 0 Å². The molecule has 0 atom stereocenters. The summed E-state index contributed by atoms with van der Waals surface area (Å²) in [5.41, 5.74) is -4.13. The van der Waals surface area contributed by atoms with E-state index in [0.29, 0.717) is 6.07 Å². The molecule has 1 aromatic rings. The quantitative estimate of drug-likeness (QED) is 0.415. The van der Waals surface area contributed by atoms with Crippen LogP contribution < -0.4 is 10.8 Å². The van der Waals surface area contributed by atoms with E-state index in [1.165, 1.54) is 6.92 Å². The van der Waals surface area contributed by atoms with Gasteiger partial charge in [0.2, 0.25) is 0 Å². The zero-order valence-electron chi connectivity index (χ0n) is 12.2. The van der Waals surface area contributed by atoms with Crippen LogP contribution in [0.5, 0.6) is 0 Å². The number of hydrogen-bond acceptors (Lipinski definition) is 3. The second-order valence-electron chi connectivity index (χ2n) is 4.88. The molecule has 0 saturated carbocycles. The largest absolute Gasteiger partial charge is 0.489 e. The average Bonchev–Trinajstić information content (AvgIpc) is 2.46. The minimum atomic E-state index is -5.82. The van der Waals surface area contributed by atoms with Gasteiger partial charge >= 0.3 is 25.4 Å². The number of benzene rings is 1. The lowest BCUT2D eigenvalue weighted by Crippen LogP contribution is -2.49. The Morgan fingerprint density at radius 1 is 1.25 bits per heavy atom. The van der Waals surface area contributed by atoms with Crippen molar-refractivity contribution in [3.8, 4) is 0 Å². The summed E-state index contributed by atoms with van der Waals surface area (Å²) in [7, 11) is -2.67. The highest BCUT2D eigenvalue weighted by Gasteiger charge is 2.65. The molecule has 0 radical (unpaired) electrons. The number of carbonyl (C=O) groups excluding carboxylic acids is 1. The molecular weight excluding hydrogens is 343 g/mol. The maximum atomic E-state index is 14.1. The summed E-state index contributed by atoms with van der Waals surface area (Å²) in [5.74, 6) is -12.4. The molecule has 0 fully saturated rings. The molecule has 11 heteroatoms. The van der Waals surface area contributed by atoms with Crippen molar-refractivity contribution in [1.82, 2.24) is 0 Å². The first-order chi connectivity index (χ1) is 10.8. The molecule has 1 aromatic carbocycles. The van der Waals surface area contributed by atoms with Gasteiger partial charge in [0.1, 0.15) is 0 Å². The normalized spacial score (nSPS) is 12.2. The molecule has 0 bridgehead atoms. The lowest BCUT2D eigenvalue weighted by atomic mass is 9.74. The van der Waals surface area contributed by atoms with Gasteiger partial charge in [-0.25, -0.2) is 8.78 Å². The molecule has 0 spiro atoms. The molecule has 3 N–H and O–H groups in total. The van der Waals surface area contributed by atoms with Gasteiger partial charge in [-0.2, -0.15) is 17.6 Å². The summed E-state index contributed by atoms with van der Waals surface area (Å²) in [6, 6.07) is 2.31. The fourth-order valence-corrected chi connectivity index (χ4v) is 1.77. The van der Waals surface area contributed by atoms with Crippen molar-refractivity contribution >= 4 is 24.2 Å². The van der Waals surface area contributed by atoms with Crippen LogP contribution >= 0.6 is 0 Å². The molecular formula is C13H12BF6NO3. The second kappa shape index (κ2) is 6.85. The van der Waals surface area contributed by atoms with Crippen LogP contribution in [0.4, 0.5) is 32.0 Å². The van der Waals surface area contributed by atoms with E-state index in [9.17, 15) is 31.1 Å². The minimum absolute atomic E-state index is 0.181. The SMILES string of the molecule is C=C(C)C(=O)Nc1cccc(B(O)O)c1C(F)(F)C(F)(F)C(F)F. The monoisotopic (exact) mass is 355 g/mol. The lowest BCUT2D eigenvalue weighted by Gasteiger charge is -2.29. The Labute approximate surface area is 132 Å². The number of amides is 1. The summed E-state index contributed by atoms with van der Waals surface area (Å²) in [4.78, 5) is 11.5. The Morgan fingerprint density at radius 2 is 1.79 bits per heavy atom. The van der Waals surface area contributed by atoms with E-state index < -0.39 is 48.0 Å². The predicted octanol–water partition coefficient (Wildman–Crippen LogP) is 1.87. The number of alkyl halides is 6. The van der Waals surface area contributed by atoms with Crippen LogP contribution in [-0.4, -0.2) is 35.4 Å². The first-order valence-electron chi connectivity index (χ1n) is 6.34. The van der Waals surface area contributed by atoms with Gasteiger partial charge in [0, 0.05) is 5.57 Å². The number of rotatable bonds is 6. The second-order valence-corrected chi connectivity index (χ2v) is 4.88. The van der Waals surface area contributed by atoms with Gasteiger partial charge in [-0.15, -0.1) is 0 Å². The van der Waals surface area contributed by atoms with Gasteiger partial charge in [-0.05, 0) is 18.5 Å². The van der Waals surface area contributed by atoms with Crippen molar-refractivity contribution in [2.45, 2.75) is 25.2 Å². The number of anilines is 1. The molecule has 24 heavy (non-hydrogen) atoms. The van der Waals surface area contributed by atoms with Crippen molar-refractivity contribution in [2.24, 2.45) is 0 Å². The average molecular weight is 355 g/mol. The molecule has 1 amide bonds. The van der Waals surface area contributed by atoms with Crippen LogP contribution in [0.3, 0.4) is 0 Å². The van der Waals surface area contributed by atoms with Crippen molar-refractivity contribution in [3.05, 3.63) is 35.9 Å². The van der Waals surface area contributed by atoms with Gasteiger partial charge in [-0.1, -0.05) is 18.7 Å². The zero-order valence-corrected chi connectivity index (χ0v) is 12.2. The molecule has 0 aliphatic heterocycles. The van der Waals surface area contributed by atoms with Crippen LogP contribution in [0.1, 0.15) is 12.5 Å². The van der Waals surface area contributed by atoms with E-state index in [2.05, 4.69) is 6.58 Å².